The Labute approximate surface area is 197 Å². The van der Waals surface area contributed by atoms with E-state index in [1.807, 2.05) is 56.3 Å². The van der Waals surface area contributed by atoms with Crippen molar-refractivity contribution in [1.29, 1.82) is 0 Å². The lowest BCUT2D eigenvalue weighted by molar-refractivity contribution is 0.0857. The molecule has 2 bridgehead atoms. The molecule has 6 heteroatoms. The molecule has 0 aliphatic carbocycles. The third-order valence-corrected chi connectivity index (χ3v) is 6.80. The molecule has 0 radical (unpaired) electrons. The highest BCUT2D eigenvalue weighted by Crippen LogP contribution is 2.54. The van der Waals surface area contributed by atoms with E-state index < -0.39 is 0 Å². The normalized spacial score (nSPS) is 17.4. The monoisotopic (exact) mass is 448 g/mol. The van der Waals surface area contributed by atoms with E-state index in [2.05, 4.69) is 33.5 Å². The smallest absolute Gasteiger partial charge is 0.251 e. The van der Waals surface area contributed by atoms with Crippen molar-refractivity contribution >= 4 is 11.7 Å². The van der Waals surface area contributed by atoms with Gasteiger partial charge in [0.15, 0.2) is 0 Å². The molecule has 4 aromatic rings. The van der Waals surface area contributed by atoms with Gasteiger partial charge in [-0.25, -0.2) is 4.98 Å². The number of amides is 1. The first-order valence-electron chi connectivity index (χ1n) is 11.3. The van der Waals surface area contributed by atoms with Gasteiger partial charge in [-0.15, -0.1) is 0 Å². The molecule has 0 saturated heterocycles. The number of nitrogen functional groups attached to an aromatic ring is 1. The summed E-state index contributed by atoms with van der Waals surface area (Å²) in [4.78, 5) is 21.7. The van der Waals surface area contributed by atoms with Crippen LogP contribution in [0.5, 0.6) is 0 Å². The van der Waals surface area contributed by atoms with Gasteiger partial charge in [-0.2, -0.15) is 0 Å². The number of fused-ring (bicyclic) bond motifs is 8. The van der Waals surface area contributed by atoms with E-state index in [0.29, 0.717) is 17.9 Å². The quantitative estimate of drug-likeness (QED) is 0.468. The molecular weight excluding hydrogens is 424 g/mol. The minimum absolute atomic E-state index is 0.109. The van der Waals surface area contributed by atoms with Gasteiger partial charge in [0.25, 0.3) is 5.91 Å². The van der Waals surface area contributed by atoms with Crippen LogP contribution in [0.2, 0.25) is 0 Å². The summed E-state index contributed by atoms with van der Waals surface area (Å²) >= 11 is 0. The molecule has 6 nitrogen and oxygen atoms in total. The number of aromatic nitrogens is 2. The lowest BCUT2D eigenvalue weighted by Crippen LogP contribution is -2.24. The minimum atomic E-state index is -0.147. The van der Waals surface area contributed by atoms with Crippen LogP contribution < -0.4 is 11.1 Å². The first kappa shape index (κ1) is 20.6. The van der Waals surface area contributed by atoms with Crippen molar-refractivity contribution < 1.29 is 9.53 Å². The first-order valence-corrected chi connectivity index (χ1v) is 11.3. The van der Waals surface area contributed by atoms with Crippen LogP contribution in [0, 0.1) is 13.8 Å². The highest BCUT2D eigenvalue weighted by molar-refractivity contribution is 5.94. The Hall–Kier alpha value is -4.03. The molecule has 0 fully saturated rings. The number of hydrogen-bond donors (Lipinski definition) is 2. The molecule has 0 spiro atoms. The van der Waals surface area contributed by atoms with E-state index in [4.69, 9.17) is 10.5 Å². The van der Waals surface area contributed by atoms with Gasteiger partial charge in [0.05, 0.1) is 5.69 Å². The summed E-state index contributed by atoms with van der Waals surface area (Å²) < 4.78 is 6.34. The fourth-order valence-electron chi connectivity index (χ4n) is 5.11. The standard InChI is InChI=1S/C28H24N4O2/c1-15-11-25(29)32-16(2)23(15)14-31-28(33)18-7-9-20-22(13-18)27-19-8-6-17(12-21(19)26(20)34-27)24-5-3-4-10-30-24/h3-13,26-27H,14H2,1-2H3,(H2,29,32)(H,31,33). The maximum atomic E-state index is 13.0. The van der Waals surface area contributed by atoms with Gasteiger partial charge in [-0.3, -0.25) is 9.78 Å². The molecule has 2 aromatic heterocycles. The van der Waals surface area contributed by atoms with Gasteiger partial charge >= 0.3 is 0 Å². The van der Waals surface area contributed by atoms with Crippen molar-refractivity contribution in [1.82, 2.24) is 15.3 Å². The summed E-state index contributed by atoms with van der Waals surface area (Å²) in [5, 5.41) is 3.03. The van der Waals surface area contributed by atoms with E-state index in [9.17, 15) is 4.79 Å². The number of rotatable bonds is 4. The number of nitrogens with two attached hydrogens (primary N) is 1. The van der Waals surface area contributed by atoms with Gasteiger partial charge in [0, 0.05) is 29.6 Å². The lowest BCUT2D eigenvalue weighted by atomic mass is 9.84. The Morgan fingerprint density at radius 3 is 2.47 bits per heavy atom. The zero-order valence-corrected chi connectivity index (χ0v) is 19.0. The number of anilines is 1. The number of carbonyl (C=O) groups excluding carboxylic acids is 1. The Balaban J connectivity index is 1.24. The van der Waals surface area contributed by atoms with Crippen LogP contribution in [0.1, 0.15) is 61.6 Å². The molecule has 168 valence electrons. The summed E-state index contributed by atoms with van der Waals surface area (Å²) in [5.74, 6) is 0.373. The minimum Gasteiger partial charge on any atom is -0.384 e. The molecule has 2 unspecified atom stereocenters. The second-order valence-corrected chi connectivity index (χ2v) is 8.91. The second-order valence-electron chi connectivity index (χ2n) is 8.91. The summed E-state index contributed by atoms with van der Waals surface area (Å²) in [6.45, 7) is 4.29. The van der Waals surface area contributed by atoms with Gasteiger partial charge < -0.3 is 15.8 Å². The maximum Gasteiger partial charge on any atom is 0.251 e. The number of carbonyl (C=O) groups is 1. The van der Waals surface area contributed by atoms with Crippen molar-refractivity contribution in [3.8, 4) is 11.3 Å². The van der Waals surface area contributed by atoms with Crippen LogP contribution in [-0.2, 0) is 11.3 Å². The molecule has 2 aliphatic rings. The molecule has 2 aliphatic heterocycles. The Kier molecular flexibility index (Phi) is 4.71. The zero-order chi connectivity index (χ0) is 23.4. The molecule has 3 N–H and O–H groups in total. The summed E-state index contributed by atoms with van der Waals surface area (Å²) in [6.07, 6.45) is 1.55. The van der Waals surface area contributed by atoms with Crippen LogP contribution in [0.4, 0.5) is 5.82 Å². The fourth-order valence-corrected chi connectivity index (χ4v) is 5.11. The van der Waals surface area contributed by atoms with Crippen molar-refractivity contribution in [3.05, 3.63) is 111 Å². The Bertz CT molecular complexity index is 1430. The number of hydrogen-bond acceptors (Lipinski definition) is 5. The molecular formula is C28H24N4O2. The molecule has 34 heavy (non-hydrogen) atoms. The highest BCUT2D eigenvalue weighted by Gasteiger charge is 2.43. The van der Waals surface area contributed by atoms with Crippen LogP contribution >= 0.6 is 0 Å². The first-order chi connectivity index (χ1) is 16.5. The van der Waals surface area contributed by atoms with Gasteiger partial charge in [0.2, 0.25) is 0 Å². The van der Waals surface area contributed by atoms with Gasteiger partial charge in [-0.05, 0) is 83.6 Å². The topological polar surface area (TPSA) is 90.1 Å². The van der Waals surface area contributed by atoms with E-state index in [0.717, 1.165) is 44.8 Å². The number of nitrogens with zero attached hydrogens (tertiary/aromatic N) is 2. The molecule has 1 amide bonds. The third kappa shape index (κ3) is 3.26. The second kappa shape index (κ2) is 7.78. The number of benzene rings is 2. The van der Waals surface area contributed by atoms with Crippen LogP contribution in [0.3, 0.4) is 0 Å². The highest BCUT2D eigenvalue weighted by atomic mass is 16.5. The lowest BCUT2D eigenvalue weighted by Gasteiger charge is -2.18. The van der Waals surface area contributed by atoms with Crippen LogP contribution in [0.25, 0.3) is 11.3 Å². The number of ether oxygens (including phenoxy) is 1. The van der Waals surface area contributed by atoms with E-state index in [-0.39, 0.29) is 18.1 Å². The van der Waals surface area contributed by atoms with Gasteiger partial charge in [-0.1, -0.05) is 24.3 Å². The molecule has 4 heterocycles. The van der Waals surface area contributed by atoms with Gasteiger partial charge in [0.1, 0.15) is 18.0 Å². The third-order valence-electron chi connectivity index (χ3n) is 6.80. The van der Waals surface area contributed by atoms with Crippen molar-refractivity contribution in [2.45, 2.75) is 32.6 Å². The molecule has 6 rings (SSSR count). The average molecular weight is 449 g/mol. The largest absolute Gasteiger partial charge is 0.384 e. The summed E-state index contributed by atoms with van der Waals surface area (Å²) in [6, 6.07) is 20.0. The Morgan fingerprint density at radius 2 is 1.74 bits per heavy atom. The van der Waals surface area contributed by atoms with E-state index >= 15 is 0 Å². The average Bonchev–Trinajstić information content (AvgIpc) is 3.40. The van der Waals surface area contributed by atoms with Crippen LogP contribution in [-0.4, -0.2) is 15.9 Å². The molecule has 2 atom stereocenters. The SMILES string of the molecule is Cc1cc(N)nc(C)c1CNC(=O)c1ccc2c(c1)C1OC2c2cc(-c3ccccn3)ccc21. The summed E-state index contributed by atoms with van der Waals surface area (Å²) in [7, 11) is 0. The zero-order valence-electron chi connectivity index (χ0n) is 19.0. The fraction of sp³-hybridized carbons (Fsp3) is 0.179. The predicted octanol–water partition coefficient (Wildman–Crippen LogP) is 4.80. The number of nitrogens with one attached hydrogen (secondary N) is 1. The van der Waals surface area contributed by atoms with Crippen molar-refractivity contribution in [2.24, 2.45) is 0 Å². The Morgan fingerprint density at radius 1 is 0.971 bits per heavy atom. The number of pyridine rings is 2. The van der Waals surface area contributed by atoms with Crippen molar-refractivity contribution in [3.63, 3.8) is 0 Å². The summed E-state index contributed by atoms with van der Waals surface area (Å²) in [5.41, 5.74) is 15.8. The number of aryl methyl sites for hydroxylation is 2. The predicted molar refractivity (Wildman–Crippen MR) is 130 cm³/mol. The van der Waals surface area contributed by atoms with E-state index in [1.165, 1.54) is 5.56 Å². The molecule has 0 saturated carbocycles. The van der Waals surface area contributed by atoms with Crippen LogP contribution in [0.15, 0.2) is 66.9 Å². The van der Waals surface area contributed by atoms with E-state index in [1.54, 1.807) is 6.20 Å². The molecule has 2 aromatic carbocycles. The maximum absolute atomic E-state index is 13.0. The van der Waals surface area contributed by atoms with Crippen molar-refractivity contribution in [2.75, 3.05) is 5.73 Å².